The lowest BCUT2D eigenvalue weighted by Gasteiger charge is -2.06. The van der Waals surface area contributed by atoms with Crippen molar-refractivity contribution in [3.8, 4) is 11.4 Å². The molecule has 5 nitrogen and oxygen atoms in total. The third-order valence-corrected chi connectivity index (χ3v) is 3.70. The summed E-state index contributed by atoms with van der Waals surface area (Å²) in [7, 11) is 0. The number of hydrogen-bond donors (Lipinski definition) is 1. The number of anilines is 1. The van der Waals surface area contributed by atoms with Gasteiger partial charge in [0.2, 0.25) is 0 Å². The topological polar surface area (TPSA) is 69.6 Å². The van der Waals surface area contributed by atoms with Crippen molar-refractivity contribution >= 4 is 33.2 Å². The van der Waals surface area contributed by atoms with Crippen molar-refractivity contribution in [2.24, 2.45) is 0 Å². The van der Waals surface area contributed by atoms with Crippen LogP contribution in [0.3, 0.4) is 0 Å². The molecule has 0 bridgehead atoms. The highest BCUT2D eigenvalue weighted by Crippen LogP contribution is 2.24. The fourth-order valence-electron chi connectivity index (χ4n) is 2.02. The van der Waals surface area contributed by atoms with Crippen molar-refractivity contribution in [2.45, 2.75) is 6.54 Å². The maximum Gasteiger partial charge on any atom is 0.182 e. The highest BCUT2D eigenvalue weighted by Gasteiger charge is 2.10. The van der Waals surface area contributed by atoms with Crippen LogP contribution in [0.4, 0.5) is 5.69 Å². The molecule has 0 amide bonds. The molecule has 0 atom stereocenters. The Kier molecular flexibility index (Phi) is 3.90. The summed E-state index contributed by atoms with van der Waals surface area (Å²) >= 11 is 9.45. The minimum atomic E-state index is 0.559. The lowest BCUT2D eigenvalue weighted by atomic mass is 10.2. The smallest absolute Gasteiger partial charge is 0.182 e. The fourth-order valence-corrected chi connectivity index (χ4v) is 2.53. The van der Waals surface area contributed by atoms with Crippen molar-refractivity contribution in [3.63, 3.8) is 0 Å². The zero-order valence-corrected chi connectivity index (χ0v) is 13.2. The van der Waals surface area contributed by atoms with Gasteiger partial charge in [0, 0.05) is 20.7 Å². The Morgan fingerprint density at radius 1 is 1.14 bits per heavy atom. The number of nitrogens with zero attached hydrogens (tertiary/aromatic N) is 4. The van der Waals surface area contributed by atoms with Crippen LogP contribution in [-0.2, 0) is 6.54 Å². The molecule has 0 saturated heterocycles. The molecule has 21 heavy (non-hydrogen) atoms. The number of benzene rings is 2. The van der Waals surface area contributed by atoms with Gasteiger partial charge < -0.3 is 5.73 Å². The molecule has 2 N–H and O–H groups in total. The Bertz CT molecular complexity index is 749. The Hall–Kier alpha value is -1.92. The van der Waals surface area contributed by atoms with Crippen molar-refractivity contribution in [2.75, 3.05) is 5.73 Å². The van der Waals surface area contributed by atoms with Gasteiger partial charge in [0.25, 0.3) is 0 Å². The second kappa shape index (κ2) is 5.83. The van der Waals surface area contributed by atoms with Gasteiger partial charge in [-0.25, -0.2) is 4.68 Å². The van der Waals surface area contributed by atoms with Crippen LogP contribution in [0.25, 0.3) is 11.4 Å². The first kappa shape index (κ1) is 14.0. The van der Waals surface area contributed by atoms with E-state index in [0.717, 1.165) is 15.6 Å². The van der Waals surface area contributed by atoms with Crippen LogP contribution in [0.5, 0.6) is 0 Å². The van der Waals surface area contributed by atoms with Crippen LogP contribution in [0.1, 0.15) is 5.56 Å². The number of tetrazole rings is 1. The largest absolute Gasteiger partial charge is 0.399 e. The van der Waals surface area contributed by atoms with Crippen LogP contribution < -0.4 is 5.73 Å². The normalized spacial score (nSPS) is 10.8. The fraction of sp³-hybridized carbons (Fsp3) is 0.0714. The summed E-state index contributed by atoms with van der Waals surface area (Å²) in [6.45, 7) is 0.571. The maximum absolute atomic E-state index is 6.03. The van der Waals surface area contributed by atoms with Crippen molar-refractivity contribution in [1.82, 2.24) is 20.2 Å². The molecule has 0 spiro atoms. The van der Waals surface area contributed by atoms with E-state index in [0.29, 0.717) is 23.1 Å². The van der Waals surface area contributed by atoms with Gasteiger partial charge in [-0.1, -0.05) is 39.7 Å². The summed E-state index contributed by atoms with van der Waals surface area (Å²) in [5.41, 5.74) is 8.29. The molecule has 1 aromatic heterocycles. The van der Waals surface area contributed by atoms with Crippen LogP contribution >= 0.6 is 27.5 Å². The second-order valence-corrected chi connectivity index (χ2v) is 5.91. The van der Waals surface area contributed by atoms with Crippen molar-refractivity contribution < 1.29 is 0 Å². The molecule has 3 aromatic rings. The number of hydrogen-bond acceptors (Lipinski definition) is 4. The molecule has 0 unspecified atom stereocenters. The highest BCUT2D eigenvalue weighted by molar-refractivity contribution is 9.10. The number of nitrogen functional groups attached to an aromatic ring is 1. The Balaban J connectivity index is 1.95. The van der Waals surface area contributed by atoms with E-state index in [9.17, 15) is 0 Å². The van der Waals surface area contributed by atoms with Gasteiger partial charge in [-0.3, -0.25) is 0 Å². The molecule has 0 aliphatic rings. The number of aromatic nitrogens is 4. The molecule has 0 radical (unpaired) electrons. The monoisotopic (exact) mass is 363 g/mol. The molecule has 2 aromatic carbocycles. The third kappa shape index (κ3) is 3.22. The minimum absolute atomic E-state index is 0.559. The zero-order chi connectivity index (χ0) is 14.8. The summed E-state index contributed by atoms with van der Waals surface area (Å²) in [5, 5.41) is 12.4. The first-order valence-corrected chi connectivity index (χ1v) is 7.36. The van der Waals surface area contributed by atoms with Gasteiger partial charge in [-0.2, -0.15) is 0 Å². The minimum Gasteiger partial charge on any atom is -0.399 e. The lowest BCUT2D eigenvalue weighted by molar-refractivity contribution is 0.653. The average molecular weight is 365 g/mol. The number of rotatable bonds is 3. The summed E-state index contributed by atoms with van der Waals surface area (Å²) in [5.74, 6) is 0.632. The molecule has 0 fully saturated rings. The van der Waals surface area contributed by atoms with Crippen LogP contribution in [0.2, 0.25) is 5.02 Å². The SMILES string of the molecule is Nc1cc(Cl)cc(-c2nnnn2Cc2ccc(Br)cc2)c1. The van der Waals surface area contributed by atoms with Crippen molar-refractivity contribution in [3.05, 3.63) is 57.5 Å². The molecular weight excluding hydrogens is 354 g/mol. The molecule has 1 heterocycles. The van der Waals surface area contributed by atoms with Gasteiger partial charge in [-0.05, 0) is 46.3 Å². The van der Waals surface area contributed by atoms with Crippen LogP contribution in [0, 0.1) is 0 Å². The van der Waals surface area contributed by atoms with E-state index < -0.39 is 0 Å². The molecule has 0 saturated carbocycles. The van der Waals surface area contributed by atoms with Gasteiger partial charge in [0.15, 0.2) is 5.82 Å². The van der Waals surface area contributed by atoms with E-state index in [2.05, 4.69) is 31.5 Å². The first-order valence-electron chi connectivity index (χ1n) is 6.19. The van der Waals surface area contributed by atoms with Gasteiger partial charge >= 0.3 is 0 Å². The average Bonchev–Trinajstić information content (AvgIpc) is 2.88. The van der Waals surface area contributed by atoms with Gasteiger partial charge in [0.1, 0.15) is 0 Å². The lowest BCUT2D eigenvalue weighted by Crippen LogP contribution is -2.04. The predicted molar refractivity (Wildman–Crippen MR) is 85.9 cm³/mol. The summed E-state index contributed by atoms with van der Waals surface area (Å²) < 4.78 is 2.75. The molecule has 0 aliphatic carbocycles. The standard InChI is InChI=1S/C14H11BrClN5/c15-11-3-1-9(2-4-11)8-21-14(18-19-20-21)10-5-12(16)7-13(17)6-10/h1-7H,8,17H2. The quantitative estimate of drug-likeness (QED) is 0.723. The second-order valence-electron chi connectivity index (χ2n) is 4.56. The van der Waals surface area contributed by atoms with E-state index in [4.69, 9.17) is 17.3 Å². The summed E-state index contributed by atoms with van der Waals surface area (Å²) in [6.07, 6.45) is 0. The van der Waals surface area contributed by atoms with E-state index >= 15 is 0 Å². The molecule has 0 aliphatic heterocycles. The highest BCUT2D eigenvalue weighted by atomic mass is 79.9. The Morgan fingerprint density at radius 3 is 2.62 bits per heavy atom. The number of halogens is 2. The van der Waals surface area contributed by atoms with E-state index in [1.807, 2.05) is 24.3 Å². The van der Waals surface area contributed by atoms with Crippen molar-refractivity contribution in [1.29, 1.82) is 0 Å². The van der Waals surface area contributed by atoms with Gasteiger partial charge in [0.05, 0.1) is 6.54 Å². The van der Waals surface area contributed by atoms with E-state index in [1.165, 1.54) is 0 Å². The zero-order valence-electron chi connectivity index (χ0n) is 10.9. The molecule has 3 rings (SSSR count). The summed E-state index contributed by atoms with van der Waals surface area (Å²) in [4.78, 5) is 0. The van der Waals surface area contributed by atoms with Gasteiger partial charge in [-0.15, -0.1) is 5.10 Å². The number of nitrogens with two attached hydrogens (primary N) is 1. The first-order chi connectivity index (χ1) is 10.1. The Morgan fingerprint density at radius 2 is 1.90 bits per heavy atom. The van der Waals surface area contributed by atoms with E-state index in [1.54, 1.807) is 22.9 Å². The molecule has 106 valence electrons. The third-order valence-electron chi connectivity index (χ3n) is 2.96. The molecule has 7 heteroatoms. The van der Waals surface area contributed by atoms with Crippen LogP contribution in [-0.4, -0.2) is 20.2 Å². The molecular formula is C14H11BrClN5. The maximum atomic E-state index is 6.03. The van der Waals surface area contributed by atoms with E-state index in [-0.39, 0.29) is 0 Å². The Labute approximate surface area is 134 Å². The predicted octanol–water partition coefficient (Wildman–Crippen LogP) is 3.39. The van der Waals surface area contributed by atoms with Crippen LogP contribution in [0.15, 0.2) is 46.9 Å². The summed E-state index contributed by atoms with van der Waals surface area (Å²) in [6, 6.07) is 13.3.